The highest BCUT2D eigenvalue weighted by molar-refractivity contribution is 5.93. The first-order valence-corrected chi connectivity index (χ1v) is 8.43. The Morgan fingerprint density at radius 3 is 2.92 bits per heavy atom. The fourth-order valence-electron chi connectivity index (χ4n) is 2.73. The number of aryl methyl sites for hydroxylation is 1. The number of pyridine rings is 1. The lowest BCUT2D eigenvalue weighted by molar-refractivity contribution is -0.119. The van der Waals surface area contributed by atoms with Gasteiger partial charge in [-0.15, -0.1) is 0 Å². The highest BCUT2D eigenvalue weighted by atomic mass is 16.5. The van der Waals surface area contributed by atoms with Crippen LogP contribution in [-0.4, -0.2) is 51.4 Å². The number of carbonyl (C=O) groups is 2. The minimum absolute atomic E-state index is 0.120. The van der Waals surface area contributed by atoms with E-state index in [1.807, 2.05) is 19.1 Å². The van der Waals surface area contributed by atoms with Crippen molar-refractivity contribution in [2.75, 3.05) is 19.7 Å². The third-order valence-electron chi connectivity index (χ3n) is 4.10. The van der Waals surface area contributed by atoms with Gasteiger partial charge < -0.3 is 15.0 Å². The van der Waals surface area contributed by atoms with Crippen LogP contribution < -0.4 is 5.32 Å². The number of ether oxygens (including phenoxy) is 1. The predicted octanol–water partition coefficient (Wildman–Crippen LogP) is 1.03. The van der Waals surface area contributed by atoms with Crippen LogP contribution >= 0.6 is 0 Å². The average molecular weight is 355 g/mol. The highest BCUT2D eigenvalue weighted by Gasteiger charge is 2.29. The molecule has 0 radical (unpaired) electrons. The van der Waals surface area contributed by atoms with Crippen molar-refractivity contribution in [1.82, 2.24) is 25.2 Å². The van der Waals surface area contributed by atoms with Gasteiger partial charge in [0, 0.05) is 25.9 Å². The standard InChI is InChI=1S/C18H21N5O3/c1-12-4-3-6-19-16(12)18(25)23-8-9-26-15(11-23)17-20-7-5-14(22-17)10-21-13(2)24/h3-7,15H,8-11H2,1-2H3,(H,21,24)/t15-/m1/s1. The molecule has 1 fully saturated rings. The summed E-state index contributed by atoms with van der Waals surface area (Å²) < 4.78 is 5.76. The quantitative estimate of drug-likeness (QED) is 0.880. The summed E-state index contributed by atoms with van der Waals surface area (Å²) in [5.74, 6) is 0.260. The lowest BCUT2D eigenvalue weighted by atomic mass is 10.1. The van der Waals surface area contributed by atoms with E-state index in [1.165, 1.54) is 6.92 Å². The van der Waals surface area contributed by atoms with Crippen molar-refractivity contribution in [3.05, 3.63) is 53.4 Å². The molecule has 0 aromatic carbocycles. The largest absolute Gasteiger partial charge is 0.367 e. The van der Waals surface area contributed by atoms with Crippen molar-refractivity contribution < 1.29 is 14.3 Å². The highest BCUT2D eigenvalue weighted by Crippen LogP contribution is 2.21. The molecule has 3 heterocycles. The number of hydrogen-bond donors (Lipinski definition) is 1. The van der Waals surface area contributed by atoms with E-state index in [1.54, 1.807) is 23.4 Å². The molecule has 2 aromatic heterocycles. The fourth-order valence-corrected chi connectivity index (χ4v) is 2.73. The van der Waals surface area contributed by atoms with E-state index in [9.17, 15) is 9.59 Å². The molecule has 0 aliphatic carbocycles. The van der Waals surface area contributed by atoms with Gasteiger partial charge in [-0.05, 0) is 24.6 Å². The number of rotatable bonds is 4. The van der Waals surface area contributed by atoms with Gasteiger partial charge in [-0.25, -0.2) is 9.97 Å². The summed E-state index contributed by atoms with van der Waals surface area (Å²) in [5, 5.41) is 2.70. The lowest BCUT2D eigenvalue weighted by Gasteiger charge is -2.32. The second-order valence-corrected chi connectivity index (χ2v) is 6.10. The predicted molar refractivity (Wildman–Crippen MR) is 93.1 cm³/mol. The zero-order valence-electron chi connectivity index (χ0n) is 14.8. The van der Waals surface area contributed by atoms with E-state index < -0.39 is 6.10 Å². The van der Waals surface area contributed by atoms with Crippen molar-refractivity contribution in [1.29, 1.82) is 0 Å². The Morgan fingerprint density at radius 2 is 2.15 bits per heavy atom. The normalized spacial score (nSPS) is 17.0. The molecule has 0 saturated carbocycles. The molecule has 1 aliphatic rings. The molecule has 0 spiro atoms. The molecule has 3 rings (SSSR count). The lowest BCUT2D eigenvalue weighted by Crippen LogP contribution is -2.43. The summed E-state index contributed by atoms with van der Waals surface area (Å²) in [7, 11) is 0. The van der Waals surface area contributed by atoms with Crippen molar-refractivity contribution >= 4 is 11.8 Å². The van der Waals surface area contributed by atoms with Crippen LogP contribution in [-0.2, 0) is 16.1 Å². The molecular weight excluding hydrogens is 334 g/mol. The summed E-state index contributed by atoms with van der Waals surface area (Å²) >= 11 is 0. The number of carbonyl (C=O) groups excluding carboxylic acids is 2. The maximum absolute atomic E-state index is 12.8. The second-order valence-electron chi connectivity index (χ2n) is 6.10. The Hall–Kier alpha value is -2.87. The van der Waals surface area contributed by atoms with Gasteiger partial charge in [0.15, 0.2) is 5.82 Å². The number of nitrogens with one attached hydrogen (secondary N) is 1. The van der Waals surface area contributed by atoms with Gasteiger partial charge in [-0.1, -0.05) is 6.07 Å². The third kappa shape index (κ3) is 4.20. The molecule has 2 amide bonds. The van der Waals surface area contributed by atoms with Gasteiger partial charge in [0.1, 0.15) is 11.8 Å². The van der Waals surface area contributed by atoms with E-state index in [-0.39, 0.29) is 11.8 Å². The molecule has 1 N–H and O–H groups in total. The topological polar surface area (TPSA) is 97.3 Å². The molecule has 1 atom stereocenters. The summed E-state index contributed by atoms with van der Waals surface area (Å²) in [5.41, 5.74) is 1.99. The Morgan fingerprint density at radius 1 is 1.31 bits per heavy atom. The van der Waals surface area contributed by atoms with Crippen LogP contribution in [0, 0.1) is 6.92 Å². The molecule has 0 unspecified atom stereocenters. The van der Waals surface area contributed by atoms with Crippen LogP contribution in [0.5, 0.6) is 0 Å². The van der Waals surface area contributed by atoms with E-state index in [4.69, 9.17) is 4.74 Å². The molecule has 1 aliphatic heterocycles. The fraction of sp³-hybridized carbons (Fsp3) is 0.389. The van der Waals surface area contributed by atoms with Crippen molar-refractivity contribution in [3.63, 3.8) is 0 Å². The number of hydrogen-bond acceptors (Lipinski definition) is 6. The van der Waals surface area contributed by atoms with Crippen LogP contribution in [0.15, 0.2) is 30.6 Å². The first-order chi connectivity index (χ1) is 12.5. The van der Waals surface area contributed by atoms with Gasteiger partial charge >= 0.3 is 0 Å². The van der Waals surface area contributed by atoms with E-state index in [0.29, 0.717) is 43.5 Å². The average Bonchev–Trinajstić information content (AvgIpc) is 2.66. The van der Waals surface area contributed by atoms with Gasteiger partial charge in [-0.3, -0.25) is 14.6 Å². The smallest absolute Gasteiger partial charge is 0.272 e. The number of amides is 2. The molecule has 8 nitrogen and oxygen atoms in total. The minimum Gasteiger partial charge on any atom is -0.367 e. The Kier molecular flexibility index (Phi) is 5.52. The van der Waals surface area contributed by atoms with Crippen LogP contribution in [0.25, 0.3) is 0 Å². The molecule has 1 saturated heterocycles. The van der Waals surface area contributed by atoms with Gasteiger partial charge in [-0.2, -0.15) is 0 Å². The molecule has 136 valence electrons. The van der Waals surface area contributed by atoms with E-state index >= 15 is 0 Å². The van der Waals surface area contributed by atoms with Gasteiger partial charge in [0.25, 0.3) is 5.91 Å². The minimum atomic E-state index is -0.408. The maximum Gasteiger partial charge on any atom is 0.272 e. The summed E-state index contributed by atoms with van der Waals surface area (Å²) in [4.78, 5) is 38.5. The monoisotopic (exact) mass is 355 g/mol. The second kappa shape index (κ2) is 8.01. The molecule has 2 aromatic rings. The zero-order valence-corrected chi connectivity index (χ0v) is 14.8. The Bertz CT molecular complexity index is 811. The first kappa shape index (κ1) is 17.9. The van der Waals surface area contributed by atoms with Crippen molar-refractivity contribution in [3.8, 4) is 0 Å². The Balaban J connectivity index is 1.72. The summed E-state index contributed by atoms with van der Waals surface area (Å²) in [6.07, 6.45) is 2.84. The third-order valence-corrected chi connectivity index (χ3v) is 4.10. The van der Waals surface area contributed by atoms with Gasteiger partial charge in [0.2, 0.25) is 5.91 Å². The molecule has 26 heavy (non-hydrogen) atoms. The zero-order chi connectivity index (χ0) is 18.5. The first-order valence-electron chi connectivity index (χ1n) is 8.43. The maximum atomic E-state index is 12.8. The van der Waals surface area contributed by atoms with Crippen LogP contribution in [0.3, 0.4) is 0 Å². The van der Waals surface area contributed by atoms with Crippen LogP contribution in [0.1, 0.15) is 40.6 Å². The summed E-state index contributed by atoms with van der Waals surface area (Å²) in [6.45, 7) is 4.91. The molecular formula is C18H21N5O3. The van der Waals surface area contributed by atoms with Gasteiger partial charge in [0.05, 0.1) is 25.4 Å². The Labute approximate surface area is 151 Å². The van der Waals surface area contributed by atoms with Crippen LogP contribution in [0.4, 0.5) is 0 Å². The van der Waals surface area contributed by atoms with Crippen molar-refractivity contribution in [2.24, 2.45) is 0 Å². The van der Waals surface area contributed by atoms with Crippen molar-refractivity contribution in [2.45, 2.75) is 26.5 Å². The number of morpholine rings is 1. The SMILES string of the molecule is CC(=O)NCc1ccnc([C@H]2CN(C(=O)c3ncccc3C)CCO2)n1. The molecule has 0 bridgehead atoms. The number of aromatic nitrogens is 3. The number of nitrogens with zero attached hydrogens (tertiary/aromatic N) is 4. The van der Waals surface area contributed by atoms with Crippen LogP contribution in [0.2, 0.25) is 0 Å². The molecule has 8 heteroatoms. The van der Waals surface area contributed by atoms with E-state index in [2.05, 4.69) is 20.3 Å². The summed E-state index contributed by atoms with van der Waals surface area (Å²) in [6, 6.07) is 5.41. The van der Waals surface area contributed by atoms with E-state index in [0.717, 1.165) is 5.56 Å².